The molecule has 2 aromatic rings. The van der Waals surface area contributed by atoms with Gasteiger partial charge < -0.3 is 24.6 Å². The maximum absolute atomic E-state index is 14.5. The summed E-state index contributed by atoms with van der Waals surface area (Å²) in [7, 11) is 0. The van der Waals surface area contributed by atoms with Crippen molar-refractivity contribution in [3.8, 4) is 5.75 Å². The van der Waals surface area contributed by atoms with Crippen LogP contribution in [-0.2, 0) is 27.3 Å². The topological polar surface area (TPSA) is 94.1 Å². The number of benzene rings is 2. The monoisotopic (exact) mass is 479 g/mol. The molecule has 0 saturated heterocycles. The highest BCUT2D eigenvalue weighted by atomic mass is 19.3. The van der Waals surface area contributed by atoms with Gasteiger partial charge in [-0.3, -0.25) is 0 Å². The van der Waals surface area contributed by atoms with Crippen LogP contribution in [0.5, 0.6) is 5.75 Å². The maximum atomic E-state index is 14.5. The Balaban J connectivity index is 2.14. The van der Waals surface area contributed by atoms with Crippen molar-refractivity contribution in [1.29, 1.82) is 0 Å². The average molecular weight is 480 g/mol. The Bertz CT molecular complexity index is 929. The highest BCUT2D eigenvalue weighted by molar-refractivity contribution is 5.78. The van der Waals surface area contributed by atoms with E-state index in [1.807, 2.05) is 30.3 Å². The Morgan fingerprint density at radius 2 is 1.62 bits per heavy atom. The van der Waals surface area contributed by atoms with Crippen LogP contribution >= 0.6 is 0 Å². The van der Waals surface area contributed by atoms with Gasteiger partial charge in [-0.1, -0.05) is 42.5 Å². The predicted octanol–water partition coefficient (Wildman–Crippen LogP) is 4.26. The van der Waals surface area contributed by atoms with Crippen LogP contribution in [0.2, 0.25) is 0 Å². The van der Waals surface area contributed by atoms with E-state index in [4.69, 9.17) is 9.47 Å². The number of rotatable bonds is 10. The second kappa shape index (κ2) is 11.8. The number of esters is 1. The molecule has 0 spiro atoms. The first kappa shape index (κ1) is 27.0. The minimum Gasteiger partial charge on any atom is -0.489 e. The lowest BCUT2D eigenvalue weighted by Gasteiger charge is -2.30. The van der Waals surface area contributed by atoms with E-state index in [-0.39, 0.29) is 13.0 Å². The van der Waals surface area contributed by atoms with E-state index in [2.05, 4.69) is 10.1 Å². The molecule has 0 aromatic heterocycles. The lowest BCUT2D eigenvalue weighted by atomic mass is 9.97. The summed E-state index contributed by atoms with van der Waals surface area (Å²) in [5, 5.41) is 12.6. The van der Waals surface area contributed by atoms with Gasteiger partial charge in [-0.25, -0.2) is 9.59 Å². The molecule has 34 heavy (non-hydrogen) atoms. The van der Waals surface area contributed by atoms with Gasteiger partial charge in [0.25, 0.3) is 0 Å². The Kier molecular flexibility index (Phi) is 9.37. The van der Waals surface area contributed by atoms with E-state index >= 15 is 0 Å². The first-order valence-electron chi connectivity index (χ1n) is 10.9. The van der Waals surface area contributed by atoms with Gasteiger partial charge in [0.05, 0.1) is 12.6 Å². The summed E-state index contributed by atoms with van der Waals surface area (Å²) in [5.41, 5.74) is 0.616. The number of hydrogen-bond acceptors (Lipinski definition) is 6. The zero-order chi connectivity index (χ0) is 25.4. The van der Waals surface area contributed by atoms with Crippen molar-refractivity contribution in [2.45, 2.75) is 64.4 Å². The smallest absolute Gasteiger partial charge is 0.407 e. The zero-order valence-electron chi connectivity index (χ0n) is 19.7. The quantitative estimate of drug-likeness (QED) is 0.495. The van der Waals surface area contributed by atoms with Crippen molar-refractivity contribution in [2.75, 3.05) is 6.61 Å². The maximum Gasteiger partial charge on any atom is 0.407 e. The molecular weight excluding hydrogens is 448 g/mol. The van der Waals surface area contributed by atoms with Crippen molar-refractivity contribution >= 4 is 12.1 Å². The number of carbonyl (C=O) groups excluding carboxylic acids is 2. The summed E-state index contributed by atoms with van der Waals surface area (Å²) >= 11 is 0. The molecule has 2 rings (SSSR count). The Hall–Kier alpha value is -3.20. The van der Waals surface area contributed by atoms with Crippen LogP contribution in [0.4, 0.5) is 13.6 Å². The molecule has 0 saturated carbocycles. The lowest BCUT2D eigenvalue weighted by molar-refractivity contribution is -0.191. The first-order chi connectivity index (χ1) is 15.9. The molecule has 0 fully saturated rings. The standard InChI is InChI=1S/C25H31F2NO6/c1-5-32-22(30)25(26,27)21(29)20(28-23(31)34-24(2,3)4)15-17-11-13-19(14-12-17)33-16-18-9-7-6-8-10-18/h6-14,20-21,29H,5,15-16H2,1-4H3,(H,28,31)/t20-,21+/m0/s1. The van der Waals surface area contributed by atoms with Crippen LogP contribution in [0.15, 0.2) is 54.6 Å². The largest absolute Gasteiger partial charge is 0.489 e. The lowest BCUT2D eigenvalue weighted by Crippen LogP contribution is -2.56. The second-order valence-electron chi connectivity index (χ2n) is 8.66. The molecule has 0 aliphatic heterocycles. The fourth-order valence-corrected chi connectivity index (χ4v) is 3.02. The summed E-state index contributed by atoms with van der Waals surface area (Å²) < 4.78 is 44.3. The fourth-order valence-electron chi connectivity index (χ4n) is 3.02. The van der Waals surface area contributed by atoms with Gasteiger partial charge in [0.1, 0.15) is 24.1 Å². The molecule has 186 valence electrons. The number of ether oxygens (including phenoxy) is 3. The highest BCUT2D eigenvalue weighted by Crippen LogP contribution is 2.26. The molecule has 0 heterocycles. The van der Waals surface area contributed by atoms with Gasteiger partial charge in [0.2, 0.25) is 0 Å². The summed E-state index contributed by atoms with van der Waals surface area (Å²) in [6.45, 7) is 6.28. The van der Waals surface area contributed by atoms with E-state index in [1.165, 1.54) is 6.92 Å². The molecule has 2 aromatic carbocycles. The van der Waals surface area contributed by atoms with Crippen LogP contribution < -0.4 is 10.1 Å². The Morgan fingerprint density at radius 1 is 1.00 bits per heavy atom. The SMILES string of the molecule is CCOC(=O)C(F)(F)[C@H](O)[C@H](Cc1ccc(OCc2ccccc2)cc1)NC(=O)OC(C)(C)C. The summed E-state index contributed by atoms with van der Waals surface area (Å²) in [4.78, 5) is 24.0. The van der Waals surface area contributed by atoms with Gasteiger partial charge in [-0.15, -0.1) is 0 Å². The third kappa shape index (κ3) is 8.30. The fraction of sp³-hybridized carbons (Fsp3) is 0.440. The normalized spacial score (nSPS) is 13.5. The number of halogens is 2. The van der Waals surface area contributed by atoms with Crippen LogP contribution in [0.1, 0.15) is 38.8 Å². The number of amides is 1. The number of carbonyl (C=O) groups is 2. The van der Waals surface area contributed by atoms with Crippen molar-refractivity contribution < 1.29 is 37.7 Å². The van der Waals surface area contributed by atoms with Crippen molar-refractivity contribution in [2.24, 2.45) is 0 Å². The number of hydrogen-bond donors (Lipinski definition) is 2. The van der Waals surface area contributed by atoms with E-state index in [1.54, 1.807) is 45.0 Å². The van der Waals surface area contributed by atoms with Gasteiger partial charge in [-0.2, -0.15) is 8.78 Å². The van der Waals surface area contributed by atoms with Gasteiger partial charge in [0.15, 0.2) is 0 Å². The van der Waals surface area contributed by atoms with Crippen LogP contribution in [0.3, 0.4) is 0 Å². The number of alkyl halides is 2. The Morgan fingerprint density at radius 3 is 2.18 bits per heavy atom. The molecule has 0 radical (unpaired) electrons. The minimum atomic E-state index is -4.24. The number of nitrogens with one attached hydrogen (secondary N) is 1. The summed E-state index contributed by atoms with van der Waals surface area (Å²) in [6, 6.07) is 14.6. The zero-order valence-corrected chi connectivity index (χ0v) is 19.7. The van der Waals surface area contributed by atoms with E-state index in [0.717, 1.165) is 5.56 Å². The first-order valence-corrected chi connectivity index (χ1v) is 10.9. The molecule has 0 aliphatic carbocycles. The van der Waals surface area contributed by atoms with Crippen molar-refractivity contribution in [1.82, 2.24) is 5.32 Å². The van der Waals surface area contributed by atoms with Gasteiger partial charge in [0, 0.05) is 0 Å². The van der Waals surface area contributed by atoms with Crippen LogP contribution in [0, 0.1) is 0 Å². The second-order valence-corrected chi connectivity index (χ2v) is 8.66. The third-order valence-electron chi connectivity index (χ3n) is 4.63. The molecule has 2 atom stereocenters. The van der Waals surface area contributed by atoms with Crippen molar-refractivity contribution in [3.05, 3.63) is 65.7 Å². The molecule has 7 nitrogen and oxygen atoms in total. The minimum absolute atomic E-state index is 0.200. The van der Waals surface area contributed by atoms with Gasteiger partial charge in [-0.05, 0) is 57.4 Å². The molecule has 9 heteroatoms. The van der Waals surface area contributed by atoms with E-state index in [9.17, 15) is 23.5 Å². The third-order valence-corrected chi connectivity index (χ3v) is 4.63. The van der Waals surface area contributed by atoms with Crippen molar-refractivity contribution in [3.63, 3.8) is 0 Å². The van der Waals surface area contributed by atoms with Crippen LogP contribution in [0.25, 0.3) is 0 Å². The average Bonchev–Trinajstić information content (AvgIpc) is 2.77. The predicted molar refractivity (Wildman–Crippen MR) is 122 cm³/mol. The molecule has 1 amide bonds. The number of aliphatic hydroxyl groups is 1. The number of alkyl carbamates (subject to hydrolysis) is 1. The molecule has 0 unspecified atom stereocenters. The molecular formula is C25H31F2NO6. The van der Waals surface area contributed by atoms with Gasteiger partial charge >= 0.3 is 18.0 Å². The van der Waals surface area contributed by atoms with E-state index < -0.39 is 35.7 Å². The Labute approximate surface area is 198 Å². The summed E-state index contributed by atoms with van der Waals surface area (Å²) in [5.74, 6) is -5.56. The van der Waals surface area contributed by atoms with E-state index in [0.29, 0.717) is 17.9 Å². The number of aliphatic hydroxyl groups excluding tert-OH is 1. The highest BCUT2D eigenvalue weighted by Gasteiger charge is 2.52. The summed E-state index contributed by atoms with van der Waals surface area (Å²) in [6.07, 6.45) is -3.75. The molecule has 0 bridgehead atoms. The molecule has 0 aliphatic rings. The molecule has 2 N–H and O–H groups in total. The van der Waals surface area contributed by atoms with Crippen LogP contribution in [-0.4, -0.2) is 47.4 Å².